The molecule has 86 valence electrons. The summed E-state index contributed by atoms with van der Waals surface area (Å²) in [5, 5.41) is 9.02. The van der Waals surface area contributed by atoms with E-state index in [-0.39, 0.29) is 51.4 Å². The molecule has 16 heavy (non-hydrogen) atoms. The average molecular weight is 294 g/mol. The van der Waals surface area contributed by atoms with Crippen LogP contribution in [0.5, 0.6) is 5.75 Å². The van der Waals surface area contributed by atoms with Crippen LogP contribution < -0.4 is 0 Å². The summed E-state index contributed by atoms with van der Waals surface area (Å²) < 4.78 is 59.7. The summed E-state index contributed by atoms with van der Waals surface area (Å²) >= 11 is 0. The van der Waals surface area contributed by atoms with Gasteiger partial charge in [-0.15, -0.1) is 0 Å². The molecule has 0 radical (unpaired) electrons. The Bertz CT molecular complexity index is 589. The van der Waals surface area contributed by atoms with Crippen molar-refractivity contribution in [2.75, 3.05) is 0 Å². The molecule has 1 rings (SSSR count). The van der Waals surface area contributed by atoms with Gasteiger partial charge in [-0.2, -0.15) is 16.8 Å². The fraction of sp³-hybridized carbons (Fsp3) is 0. The SMILES string of the molecule is O=S(=O)(O)c1ccc(O)c(S(=O)(=O)O)c1.[KH]. The molecule has 0 saturated heterocycles. The van der Waals surface area contributed by atoms with Crippen LogP contribution in [0, 0.1) is 0 Å². The van der Waals surface area contributed by atoms with Crippen molar-refractivity contribution in [3.05, 3.63) is 18.2 Å². The molecule has 1 aromatic rings. The molecular weight excluding hydrogens is 287 g/mol. The van der Waals surface area contributed by atoms with Crippen LogP contribution in [0.4, 0.5) is 0 Å². The molecule has 3 N–H and O–H groups in total. The van der Waals surface area contributed by atoms with Gasteiger partial charge in [0, 0.05) is 0 Å². The molecule has 0 aliphatic heterocycles. The fourth-order valence-electron chi connectivity index (χ4n) is 0.862. The molecule has 0 saturated carbocycles. The van der Waals surface area contributed by atoms with E-state index >= 15 is 0 Å². The monoisotopic (exact) mass is 294 g/mol. The molecule has 0 aliphatic rings. The molecule has 10 heteroatoms. The van der Waals surface area contributed by atoms with Crippen LogP contribution in [0.25, 0.3) is 0 Å². The molecular formula is C6H7KO7S2. The summed E-state index contributed by atoms with van der Waals surface area (Å²) in [5.74, 6) is -0.815. The molecule has 1 aromatic carbocycles. The first kappa shape index (κ1) is 16.5. The Morgan fingerprint density at radius 2 is 1.44 bits per heavy atom. The third-order valence-electron chi connectivity index (χ3n) is 1.51. The summed E-state index contributed by atoms with van der Waals surface area (Å²) in [6.07, 6.45) is 0. The normalized spacial score (nSPS) is 11.9. The van der Waals surface area contributed by atoms with E-state index in [1.165, 1.54) is 0 Å². The second-order valence-corrected chi connectivity index (χ2v) is 5.39. The standard InChI is InChI=1S/C6H6O7S2.K.H/c7-5-2-1-4(14(8,9)10)3-6(5)15(11,12)13;;/h1-3,7H,(H,8,9,10)(H,11,12,13);;. The summed E-state index contributed by atoms with van der Waals surface area (Å²) in [4.78, 5) is -1.73. The Kier molecular flexibility index (Phi) is 5.57. The van der Waals surface area contributed by atoms with E-state index in [9.17, 15) is 16.8 Å². The van der Waals surface area contributed by atoms with E-state index in [0.29, 0.717) is 6.07 Å². The maximum atomic E-state index is 10.7. The Balaban J connectivity index is 0.00000225. The maximum absolute atomic E-state index is 10.7. The van der Waals surface area contributed by atoms with Crippen LogP contribution in [-0.4, -0.2) is 82.4 Å². The first-order valence-corrected chi connectivity index (χ1v) is 6.28. The zero-order chi connectivity index (χ0) is 11.9. The molecule has 0 unspecified atom stereocenters. The summed E-state index contributed by atoms with van der Waals surface area (Å²) in [6.45, 7) is 0. The van der Waals surface area contributed by atoms with Gasteiger partial charge >= 0.3 is 51.4 Å². The number of phenols is 1. The molecule has 0 spiro atoms. The number of rotatable bonds is 2. The van der Waals surface area contributed by atoms with Gasteiger partial charge < -0.3 is 5.11 Å². The van der Waals surface area contributed by atoms with Crippen molar-refractivity contribution in [3.63, 3.8) is 0 Å². The van der Waals surface area contributed by atoms with Gasteiger partial charge in [0.1, 0.15) is 10.6 Å². The minimum absolute atomic E-state index is 0. The Labute approximate surface area is 134 Å². The van der Waals surface area contributed by atoms with Crippen molar-refractivity contribution < 1.29 is 31.0 Å². The molecule has 0 amide bonds. The van der Waals surface area contributed by atoms with Crippen molar-refractivity contribution in [1.29, 1.82) is 0 Å². The van der Waals surface area contributed by atoms with E-state index in [0.717, 1.165) is 12.1 Å². The quantitative estimate of drug-likeness (QED) is 0.483. The van der Waals surface area contributed by atoms with Crippen molar-refractivity contribution in [1.82, 2.24) is 0 Å². The first-order chi connectivity index (χ1) is 6.62. The summed E-state index contributed by atoms with van der Waals surface area (Å²) in [6, 6.07) is 1.96. The van der Waals surface area contributed by atoms with E-state index in [1.54, 1.807) is 0 Å². The van der Waals surface area contributed by atoms with Gasteiger partial charge in [-0.05, 0) is 18.2 Å². The van der Waals surface area contributed by atoms with Crippen molar-refractivity contribution >= 4 is 71.6 Å². The number of benzene rings is 1. The van der Waals surface area contributed by atoms with Crippen molar-refractivity contribution in [3.8, 4) is 5.75 Å². The zero-order valence-corrected chi connectivity index (χ0v) is 8.66. The van der Waals surface area contributed by atoms with Gasteiger partial charge in [0.15, 0.2) is 0 Å². The van der Waals surface area contributed by atoms with E-state index in [2.05, 4.69) is 0 Å². The van der Waals surface area contributed by atoms with Crippen LogP contribution >= 0.6 is 0 Å². The second-order valence-electron chi connectivity index (χ2n) is 2.58. The van der Waals surface area contributed by atoms with Crippen LogP contribution in [0.3, 0.4) is 0 Å². The minimum atomic E-state index is -4.74. The van der Waals surface area contributed by atoms with E-state index < -0.39 is 35.8 Å². The predicted octanol–water partition coefficient (Wildman–Crippen LogP) is -0.763. The third kappa shape index (κ3) is 4.05. The predicted molar refractivity (Wildman–Crippen MR) is 54.9 cm³/mol. The zero-order valence-electron chi connectivity index (χ0n) is 7.02. The van der Waals surface area contributed by atoms with Crippen LogP contribution in [0.15, 0.2) is 28.0 Å². The van der Waals surface area contributed by atoms with Gasteiger partial charge in [0.05, 0.1) is 4.90 Å². The number of hydrogen-bond acceptors (Lipinski definition) is 5. The van der Waals surface area contributed by atoms with E-state index in [1.807, 2.05) is 0 Å². The van der Waals surface area contributed by atoms with Crippen LogP contribution in [0.2, 0.25) is 0 Å². The second kappa shape index (κ2) is 5.41. The summed E-state index contributed by atoms with van der Waals surface area (Å²) in [5.41, 5.74) is 0. The molecule has 0 aliphatic carbocycles. The van der Waals surface area contributed by atoms with Gasteiger partial charge in [-0.1, -0.05) is 0 Å². The number of aromatic hydroxyl groups is 1. The van der Waals surface area contributed by atoms with Crippen LogP contribution in [0.1, 0.15) is 0 Å². The average Bonchev–Trinajstić information content (AvgIpc) is 2.00. The van der Waals surface area contributed by atoms with Crippen molar-refractivity contribution in [2.24, 2.45) is 0 Å². The van der Waals surface area contributed by atoms with Gasteiger partial charge in [0.25, 0.3) is 20.2 Å². The van der Waals surface area contributed by atoms with Gasteiger partial charge in [-0.3, -0.25) is 9.11 Å². The van der Waals surface area contributed by atoms with Crippen molar-refractivity contribution in [2.45, 2.75) is 9.79 Å². The molecule has 7 nitrogen and oxygen atoms in total. The van der Waals surface area contributed by atoms with Gasteiger partial charge in [0.2, 0.25) is 0 Å². The molecule has 0 atom stereocenters. The molecule has 0 heterocycles. The number of phenolic OH excluding ortho intramolecular Hbond substituents is 1. The molecule has 0 fully saturated rings. The topological polar surface area (TPSA) is 129 Å². The summed E-state index contributed by atoms with van der Waals surface area (Å²) in [7, 11) is -9.33. The Hall–Kier alpha value is 0.476. The Morgan fingerprint density at radius 1 is 0.938 bits per heavy atom. The van der Waals surface area contributed by atoms with E-state index in [4.69, 9.17) is 14.2 Å². The fourth-order valence-corrected chi connectivity index (χ4v) is 2.05. The third-order valence-corrected chi connectivity index (χ3v) is 3.24. The Morgan fingerprint density at radius 3 is 1.81 bits per heavy atom. The molecule has 0 aromatic heterocycles. The van der Waals surface area contributed by atoms with Gasteiger partial charge in [-0.25, -0.2) is 0 Å². The molecule has 0 bridgehead atoms. The first-order valence-electron chi connectivity index (χ1n) is 3.40. The van der Waals surface area contributed by atoms with Crippen LogP contribution in [-0.2, 0) is 20.2 Å². The number of hydrogen-bond donors (Lipinski definition) is 3.